The van der Waals surface area contributed by atoms with E-state index in [1.54, 1.807) is 0 Å². The molecule has 1 fully saturated rings. The fraction of sp³-hybridized carbons (Fsp3) is 1.00. The Kier molecular flexibility index (Phi) is 8.72. The van der Waals surface area contributed by atoms with Crippen LogP contribution in [0.3, 0.4) is 0 Å². The van der Waals surface area contributed by atoms with Gasteiger partial charge in [-0.2, -0.15) is 0 Å². The average Bonchev–Trinajstić information content (AvgIpc) is 2.38. The van der Waals surface area contributed by atoms with E-state index in [1.807, 2.05) is 0 Å². The predicted molar refractivity (Wildman–Crippen MR) is 85.6 cm³/mol. The summed E-state index contributed by atoms with van der Waals surface area (Å²) in [6.45, 7) is 10.8. The van der Waals surface area contributed by atoms with E-state index in [1.165, 1.54) is 64.6 Å². The normalized spacial score (nSPS) is 20.1. The number of likely N-dealkylation sites (tertiary alicyclic amines) is 1. The third-order valence-electron chi connectivity index (χ3n) is 4.64. The maximum absolute atomic E-state index is 3.75. The highest BCUT2D eigenvalue weighted by Gasteiger charge is 2.21. The van der Waals surface area contributed by atoms with Crippen LogP contribution in [-0.2, 0) is 0 Å². The molecule has 0 radical (unpaired) electrons. The highest BCUT2D eigenvalue weighted by molar-refractivity contribution is 4.78. The van der Waals surface area contributed by atoms with E-state index in [-0.39, 0.29) is 0 Å². The molecule has 1 atom stereocenters. The molecule has 0 spiro atoms. The maximum Gasteiger partial charge on any atom is 0.00679 e. The van der Waals surface area contributed by atoms with Gasteiger partial charge in [0.05, 0.1) is 0 Å². The van der Waals surface area contributed by atoms with Gasteiger partial charge in [0.25, 0.3) is 0 Å². The van der Waals surface area contributed by atoms with E-state index in [0.29, 0.717) is 6.04 Å². The number of piperidine rings is 1. The van der Waals surface area contributed by atoms with Gasteiger partial charge in [-0.15, -0.1) is 0 Å². The molecule has 2 nitrogen and oxygen atoms in total. The van der Waals surface area contributed by atoms with Crippen LogP contribution in [0.2, 0.25) is 0 Å². The van der Waals surface area contributed by atoms with Gasteiger partial charge in [-0.05, 0) is 64.7 Å². The first-order chi connectivity index (χ1) is 9.09. The maximum atomic E-state index is 3.75. The third-order valence-corrected chi connectivity index (χ3v) is 4.64. The SMILES string of the molecule is CC(C)CCCCCCNC(C)C1CCN(C)CC1. The van der Waals surface area contributed by atoms with Gasteiger partial charge in [-0.3, -0.25) is 0 Å². The molecule has 1 N–H and O–H groups in total. The molecule has 1 aliphatic heterocycles. The molecule has 1 aliphatic rings. The van der Waals surface area contributed by atoms with E-state index >= 15 is 0 Å². The summed E-state index contributed by atoms with van der Waals surface area (Å²) in [6.07, 6.45) is 9.75. The highest BCUT2D eigenvalue weighted by atomic mass is 15.1. The molecule has 0 aromatic carbocycles. The second-order valence-electron chi connectivity index (χ2n) is 6.98. The number of rotatable bonds is 9. The van der Waals surface area contributed by atoms with Crippen molar-refractivity contribution in [1.82, 2.24) is 10.2 Å². The Morgan fingerprint density at radius 1 is 1.00 bits per heavy atom. The lowest BCUT2D eigenvalue weighted by molar-refractivity contribution is 0.190. The van der Waals surface area contributed by atoms with Gasteiger partial charge in [0, 0.05) is 6.04 Å². The van der Waals surface area contributed by atoms with Gasteiger partial charge >= 0.3 is 0 Å². The minimum atomic E-state index is 0.712. The Labute approximate surface area is 121 Å². The molecule has 1 rings (SSSR count). The zero-order chi connectivity index (χ0) is 14.1. The molecule has 0 aliphatic carbocycles. The van der Waals surface area contributed by atoms with Crippen molar-refractivity contribution >= 4 is 0 Å². The van der Waals surface area contributed by atoms with E-state index in [9.17, 15) is 0 Å². The summed E-state index contributed by atoms with van der Waals surface area (Å²) in [4.78, 5) is 2.46. The second-order valence-corrected chi connectivity index (χ2v) is 6.98. The lowest BCUT2D eigenvalue weighted by atomic mass is 9.90. The Hall–Kier alpha value is -0.0800. The topological polar surface area (TPSA) is 15.3 Å². The standard InChI is InChI=1S/C17H36N2/c1-15(2)9-7-5-6-8-12-18-16(3)17-10-13-19(4)14-11-17/h15-18H,5-14H2,1-4H3. The number of nitrogens with zero attached hydrogens (tertiary/aromatic N) is 1. The Bertz CT molecular complexity index is 207. The van der Waals surface area contributed by atoms with E-state index in [2.05, 4.69) is 38.0 Å². The Morgan fingerprint density at radius 2 is 1.63 bits per heavy atom. The van der Waals surface area contributed by atoms with Crippen LogP contribution in [0, 0.1) is 11.8 Å². The highest BCUT2D eigenvalue weighted by Crippen LogP contribution is 2.19. The summed E-state index contributed by atoms with van der Waals surface area (Å²) in [6, 6.07) is 0.712. The molecule has 0 saturated carbocycles. The lowest BCUT2D eigenvalue weighted by Crippen LogP contribution is -2.40. The van der Waals surface area contributed by atoms with E-state index < -0.39 is 0 Å². The number of nitrogens with one attached hydrogen (secondary N) is 1. The summed E-state index contributed by atoms with van der Waals surface area (Å²) >= 11 is 0. The molecule has 0 aromatic heterocycles. The molecule has 1 unspecified atom stereocenters. The molecule has 0 bridgehead atoms. The molecule has 1 heterocycles. The van der Waals surface area contributed by atoms with Gasteiger partial charge in [0.1, 0.15) is 0 Å². The van der Waals surface area contributed by atoms with Crippen LogP contribution in [0.1, 0.15) is 65.7 Å². The van der Waals surface area contributed by atoms with Crippen molar-refractivity contribution in [3.8, 4) is 0 Å². The second kappa shape index (κ2) is 9.77. The third kappa shape index (κ3) is 7.94. The van der Waals surface area contributed by atoms with Crippen LogP contribution in [0.5, 0.6) is 0 Å². The molecule has 0 aromatic rings. The van der Waals surface area contributed by atoms with Gasteiger partial charge in [0.15, 0.2) is 0 Å². The van der Waals surface area contributed by atoms with Crippen LogP contribution in [0.25, 0.3) is 0 Å². The van der Waals surface area contributed by atoms with Crippen molar-refractivity contribution < 1.29 is 0 Å². The Morgan fingerprint density at radius 3 is 2.26 bits per heavy atom. The van der Waals surface area contributed by atoms with Crippen molar-refractivity contribution in [2.45, 2.75) is 71.8 Å². The van der Waals surface area contributed by atoms with Crippen molar-refractivity contribution in [2.24, 2.45) is 11.8 Å². The minimum Gasteiger partial charge on any atom is -0.314 e. The Balaban J connectivity index is 1.94. The van der Waals surface area contributed by atoms with E-state index in [0.717, 1.165) is 11.8 Å². The van der Waals surface area contributed by atoms with Crippen molar-refractivity contribution in [3.63, 3.8) is 0 Å². The largest absolute Gasteiger partial charge is 0.314 e. The first kappa shape index (κ1) is 17.0. The van der Waals surface area contributed by atoms with Crippen LogP contribution in [-0.4, -0.2) is 37.6 Å². The first-order valence-electron chi connectivity index (χ1n) is 8.51. The van der Waals surface area contributed by atoms with Crippen molar-refractivity contribution in [3.05, 3.63) is 0 Å². The quantitative estimate of drug-likeness (QED) is 0.638. The molecular formula is C17H36N2. The zero-order valence-electron chi connectivity index (χ0n) is 13.8. The summed E-state index contributed by atoms with van der Waals surface area (Å²) in [5.74, 6) is 1.78. The summed E-state index contributed by atoms with van der Waals surface area (Å²) in [7, 11) is 2.24. The summed E-state index contributed by atoms with van der Waals surface area (Å²) in [5, 5.41) is 3.75. The number of hydrogen-bond donors (Lipinski definition) is 1. The fourth-order valence-electron chi connectivity index (χ4n) is 3.06. The van der Waals surface area contributed by atoms with Gasteiger partial charge in [-0.25, -0.2) is 0 Å². The molecule has 2 heteroatoms. The van der Waals surface area contributed by atoms with Gasteiger partial charge in [-0.1, -0.05) is 39.5 Å². The van der Waals surface area contributed by atoms with Crippen molar-refractivity contribution in [1.29, 1.82) is 0 Å². The van der Waals surface area contributed by atoms with E-state index in [4.69, 9.17) is 0 Å². The summed E-state index contributed by atoms with van der Waals surface area (Å²) in [5.41, 5.74) is 0. The predicted octanol–water partition coefficient (Wildman–Crippen LogP) is 3.91. The minimum absolute atomic E-state index is 0.712. The lowest BCUT2D eigenvalue weighted by Gasteiger charge is -2.33. The van der Waals surface area contributed by atoms with Crippen LogP contribution < -0.4 is 5.32 Å². The molecule has 19 heavy (non-hydrogen) atoms. The van der Waals surface area contributed by atoms with Crippen LogP contribution in [0.15, 0.2) is 0 Å². The van der Waals surface area contributed by atoms with Crippen LogP contribution >= 0.6 is 0 Å². The molecule has 1 saturated heterocycles. The molecular weight excluding hydrogens is 232 g/mol. The molecule has 114 valence electrons. The fourth-order valence-corrected chi connectivity index (χ4v) is 3.06. The van der Waals surface area contributed by atoms with Crippen LogP contribution in [0.4, 0.5) is 0 Å². The van der Waals surface area contributed by atoms with Gasteiger partial charge in [0.2, 0.25) is 0 Å². The summed E-state index contributed by atoms with van der Waals surface area (Å²) < 4.78 is 0. The number of unbranched alkanes of at least 4 members (excludes halogenated alkanes) is 3. The van der Waals surface area contributed by atoms with Gasteiger partial charge < -0.3 is 10.2 Å². The zero-order valence-corrected chi connectivity index (χ0v) is 13.8. The average molecular weight is 268 g/mol. The number of hydrogen-bond acceptors (Lipinski definition) is 2. The molecule has 0 amide bonds. The first-order valence-corrected chi connectivity index (χ1v) is 8.51. The monoisotopic (exact) mass is 268 g/mol. The van der Waals surface area contributed by atoms with Crippen molar-refractivity contribution in [2.75, 3.05) is 26.7 Å². The smallest absolute Gasteiger partial charge is 0.00679 e.